The standard InChI is InChI=1S/C28H40N4O/c1-7-9-12-22(31-17-21(8-2)25-15-11-16-30-27(25)31)18-32(28(29)33)26-23(19(3)4)13-10-14-24(26)20(5)6/h10-11,13-17,19-20,22H,7-9,12,18H2,1-6H3,(H2,29,33). The van der Waals surface area contributed by atoms with E-state index in [-0.39, 0.29) is 17.9 Å². The number of amides is 2. The molecule has 1 unspecified atom stereocenters. The van der Waals surface area contributed by atoms with Crippen molar-refractivity contribution in [1.82, 2.24) is 9.55 Å². The number of primary amides is 1. The number of hydrogen-bond donors (Lipinski definition) is 1. The molecule has 2 aromatic heterocycles. The highest BCUT2D eigenvalue weighted by atomic mass is 16.2. The van der Waals surface area contributed by atoms with Gasteiger partial charge in [-0.3, -0.25) is 4.90 Å². The number of urea groups is 1. The number of fused-ring (bicyclic) bond motifs is 1. The summed E-state index contributed by atoms with van der Waals surface area (Å²) in [6.07, 6.45) is 8.17. The number of para-hydroxylation sites is 1. The first-order chi connectivity index (χ1) is 15.8. The molecule has 33 heavy (non-hydrogen) atoms. The number of nitrogens with zero attached hydrogens (tertiary/aromatic N) is 3. The molecule has 0 saturated carbocycles. The molecule has 0 aliphatic heterocycles. The Morgan fingerprint density at radius 3 is 2.27 bits per heavy atom. The third kappa shape index (κ3) is 5.23. The molecular formula is C28H40N4O. The highest BCUT2D eigenvalue weighted by molar-refractivity contribution is 5.93. The zero-order valence-corrected chi connectivity index (χ0v) is 21.1. The van der Waals surface area contributed by atoms with Gasteiger partial charge in [-0.1, -0.05) is 72.6 Å². The van der Waals surface area contributed by atoms with Gasteiger partial charge in [0.1, 0.15) is 5.65 Å². The van der Waals surface area contributed by atoms with Crippen LogP contribution >= 0.6 is 0 Å². The maximum atomic E-state index is 12.9. The monoisotopic (exact) mass is 448 g/mol. The van der Waals surface area contributed by atoms with E-state index in [0.717, 1.165) is 37.0 Å². The van der Waals surface area contributed by atoms with Crippen LogP contribution in [-0.2, 0) is 6.42 Å². The van der Waals surface area contributed by atoms with Crippen molar-refractivity contribution in [3.8, 4) is 0 Å². The number of hydrogen-bond acceptors (Lipinski definition) is 2. The molecule has 0 aliphatic rings. The summed E-state index contributed by atoms with van der Waals surface area (Å²) in [6, 6.07) is 10.2. The van der Waals surface area contributed by atoms with Crippen LogP contribution in [-0.4, -0.2) is 22.1 Å². The summed E-state index contributed by atoms with van der Waals surface area (Å²) in [5.74, 6) is 0.575. The molecule has 1 aromatic carbocycles. The van der Waals surface area contributed by atoms with Crippen molar-refractivity contribution in [2.24, 2.45) is 5.73 Å². The number of aromatic nitrogens is 2. The van der Waals surface area contributed by atoms with Crippen molar-refractivity contribution >= 4 is 22.8 Å². The fourth-order valence-electron chi connectivity index (χ4n) is 4.80. The normalized spacial score (nSPS) is 12.6. The molecule has 2 amide bonds. The second-order valence-electron chi connectivity index (χ2n) is 9.63. The summed E-state index contributed by atoms with van der Waals surface area (Å²) in [4.78, 5) is 19.5. The van der Waals surface area contributed by atoms with Crippen molar-refractivity contribution in [3.05, 3.63) is 59.4 Å². The molecule has 178 valence electrons. The Kier molecular flexibility index (Phi) is 8.17. The molecule has 3 aromatic rings. The summed E-state index contributed by atoms with van der Waals surface area (Å²) in [6.45, 7) is 13.6. The van der Waals surface area contributed by atoms with Crippen molar-refractivity contribution in [3.63, 3.8) is 0 Å². The first-order valence-corrected chi connectivity index (χ1v) is 12.4. The van der Waals surface area contributed by atoms with Crippen LogP contribution in [0.15, 0.2) is 42.7 Å². The summed E-state index contributed by atoms with van der Waals surface area (Å²) < 4.78 is 2.28. The van der Waals surface area contributed by atoms with E-state index >= 15 is 0 Å². The second-order valence-corrected chi connectivity index (χ2v) is 9.63. The lowest BCUT2D eigenvalue weighted by Crippen LogP contribution is -2.41. The number of carbonyl (C=O) groups excluding carboxylic acids is 1. The molecule has 0 spiro atoms. The minimum absolute atomic E-state index is 0.0929. The lowest BCUT2D eigenvalue weighted by molar-refractivity contribution is 0.252. The Balaban J connectivity index is 2.14. The number of anilines is 1. The van der Waals surface area contributed by atoms with E-state index in [4.69, 9.17) is 10.7 Å². The lowest BCUT2D eigenvalue weighted by atomic mass is 9.91. The SMILES string of the molecule is CCCCC(CN(C(N)=O)c1c(C(C)C)cccc1C(C)C)n1cc(CC)c2cccnc21. The van der Waals surface area contributed by atoms with Crippen LogP contribution in [0, 0.1) is 0 Å². The van der Waals surface area contributed by atoms with Crippen LogP contribution in [0.1, 0.15) is 95.4 Å². The Morgan fingerprint density at radius 1 is 1.06 bits per heavy atom. The molecule has 1 atom stereocenters. The number of rotatable bonds is 10. The zero-order chi connectivity index (χ0) is 24.1. The van der Waals surface area contributed by atoms with Crippen LogP contribution in [0.2, 0.25) is 0 Å². The third-order valence-corrected chi connectivity index (χ3v) is 6.61. The molecule has 5 heteroatoms. The number of carbonyl (C=O) groups is 1. The largest absolute Gasteiger partial charge is 0.351 e. The Hall–Kier alpha value is -2.82. The minimum Gasteiger partial charge on any atom is -0.351 e. The van der Waals surface area contributed by atoms with Crippen LogP contribution in [0.5, 0.6) is 0 Å². The van der Waals surface area contributed by atoms with Crippen molar-refractivity contribution in [2.45, 2.75) is 85.1 Å². The van der Waals surface area contributed by atoms with Gasteiger partial charge < -0.3 is 10.3 Å². The summed E-state index contributed by atoms with van der Waals surface area (Å²) >= 11 is 0. The smallest absolute Gasteiger partial charge is 0.319 e. The number of benzene rings is 1. The minimum atomic E-state index is -0.397. The quantitative estimate of drug-likeness (QED) is 0.357. The number of unbranched alkanes of at least 4 members (excludes halogenated alkanes) is 1. The lowest BCUT2D eigenvalue weighted by Gasteiger charge is -2.32. The Morgan fingerprint density at radius 2 is 1.73 bits per heavy atom. The third-order valence-electron chi connectivity index (χ3n) is 6.61. The van der Waals surface area contributed by atoms with Gasteiger partial charge >= 0.3 is 6.03 Å². The number of pyridine rings is 1. The molecule has 0 saturated heterocycles. The first-order valence-electron chi connectivity index (χ1n) is 12.4. The predicted octanol–water partition coefficient (Wildman–Crippen LogP) is 7.16. The van der Waals surface area contributed by atoms with E-state index in [1.54, 1.807) is 0 Å². The fraction of sp³-hybridized carbons (Fsp3) is 0.500. The van der Waals surface area contributed by atoms with Crippen LogP contribution < -0.4 is 10.6 Å². The van der Waals surface area contributed by atoms with Gasteiger partial charge in [0.2, 0.25) is 0 Å². The van der Waals surface area contributed by atoms with E-state index in [1.807, 2.05) is 17.2 Å². The summed E-state index contributed by atoms with van der Waals surface area (Å²) in [5.41, 5.74) is 11.7. The predicted molar refractivity (Wildman–Crippen MR) is 139 cm³/mol. The average Bonchev–Trinajstić information content (AvgIpc) is 3.17. The molecule has 3 rings (SSSR count). The van der Waals surface area contributed by atoms with Crippen LogP contribution in [0.3, 0.4) is 0 Å². The van der Waals surface area contributed by atoms with Gasteiger partial charge in [-0.25, -0.2) is 9.78 Å². The average molecular weight is 449 g/mol. The molecule has 0 fully saturated rings. The van der Waals surface area contributed by atoms with E-state index in [0.29, 0.717) is 6.54 Å². The van der Waals surface area contributed by atoms with Crippen molar-refractivity contribution in [1.29, 1.82) is 0 Å². The van der Waals surface area contributed by atoms with Gasteiger partial charge in [0.05, 0.1) is 11.7 Å². The summed E-state index contributed by atoms with van der Waals surface area (Å²) in [7, 11) is 0. The molecule has 0 aliphatic carbocycles. The maximum absolute atomic E-state index is 12.9. The molecule has 5 nitrogen and oxygen atoms in total. The van der Waals surface area contributed by atoms with Crippen LogP contribution in [0.4, 0.5) is 10.5 Å². The van der Waals surface area contributed by atoms with Gasteiger partial charge in [0, 0.05) is 24.3 Å². The van der Waals surface area contributed by atoms with E-state index in [1.165, 1.54) is 22.1 Å². The Bertz CT molecular complexity index is 1060. The van der Waals surface area contributed by atoms with E-state index in [9.17, 15) is 4.79 Å². The fourth-order valence-corrected chi connectivity index (χ4v) is 4.80. The highest BCUT2D eigenvalue weighted by Crippen LogP contribution is 2.37. The van der Waals surface area contributed by atoms with Crippen molar-refractivity contribution in [2.75, 3.05) is 11.4 Å². The summed E-state index contributed by atoms with van der Waals surface area (Å²) in [5, 5.41) is 1.19. The Labute approximate surface area is 199 Å². The van der Waals surface area contributed by atoms with Gasteiger partial charge in [-0.05, 0) is 53.5 Å². The highest BCUT2D eigenvalue weighted by Gasteiger charge is 2.27. The second kappa shape index (κ2) is 10.9. The van der Waals surface area contributed by atoms with Gasteiger partial charge in [0.15, 0.2) is 0 Å². The van der Waals surface area contributed by atoms with Crippen LogP contribution in [0.25, 0.3) is 11.0 Å². The van der Waals surface area contributed by atoms with Gasteiger partial charge in [0.25, 0.3) is 0 Å². The molecule has 0 radical (unpaired) electrons. The first kappa shape index (κ1) is 24.8. The maximum Gasteiger partial charge on any atom is 0.319 e. The van der Waals surface area contributed by atoms with Gasteiger partial charge in [-0.2, -0.15) is 0 Å². The van der Waals surface area contributed by atoms with E-state index < -0.39 is 6.03 Å². The van der Waals surface area contributed by atoms with Gasteiger partial charge in [-0.15, -0.1) is 0 Å². The van der Waals surface area contributed by atoms with Crippen molar-refractivity contribution < 1.29 is 4.79 Å². The number of nitrogens with two attached hydrogens (primary N) is 1. The zero-order valence-electron chi connectivity index (χ0n) is 21.1. The number of aryl methyl sites for hydroxylation is 1. The molecule has 0 bridgehead atoms. The molecule has 2 N–H and O–H groups in total. The topological polar surface area (TPSA) is 64.2 Å². The van der Waals surface area contributed by atoms with E-state index in [2.05, 4.69) is 76.6 Å². The molecular weight excluding hydrogens is 408 g/mol. The molecule has 2 heterocycles.